The lowest BCUT2D eigenvalue weighted by atomic mass is 9.95. The number of ether oxygens (including phenoxy) is 1. The molecule has 2 amide bonds. The summed E-state index contributed by atoms with van der Waals surface area (Å²) in [6, 6.07) is 7.97. The monoisotopic (exact) mass is 400 g/mol. The van der Waals surface area contributed by atoms with E-state index in [1.165, 1.54) is 0 Å². The first kappa shape index (κ1) is 21.2. The van der Waals surface area contributed by atoms with Crippen LogP contribution in [0.1, 0.15) is 51.9 Å². The third-order valence-corrected chi connectivity index (χ3v) is 5.37. The van der Waals surface area contributed by atoms with Crippen LogP contribution in [-0.4, -0.2) is 47.5 Å². The van der Waals surface area contributed by atoms with Crippen LogP contribution in [-0.2, 0) is 22.5 Å². The maximum Gasteiger partial charge on any atom is 0.410 e. The minimum atomic E-state index is -0.506. The molecule has 0 saturated carbocycles. The highest BCUT2D eigenvalue weighted by molar-refractivity contribution is 5.84. The molecule has 1 aliphatic rings. The molecular formula is C23H32N2O4. The summed E-state index contributed by atoms with van der Waals surface area (Å²) in [6.07, 6.45) is 1.82. The molecule has 1 aromatic heterocycles. The number of carbonyl (C=O) groups excluding carboxylic acids is 2. The second-order valence-corrected chi connectivity index (χ2v) is 8.79. The van der Waals surface area contributed by atoms with Crippen molar-refractivity contribution >= 4 is 23.0 Å². The van der Waals surface area contributed by atoms with Crippen LogP contribution in [0.2, 0.25) is 0 Å². The summed E-state index contributed by atoms with van der Waals surface area (Å²) in [5, 5.41) is 1.07. The lowest BCUT2D eigenvalue weighted by molar-refractivity contribution is -0.136. The van der Waals surface area contributed by atoms with Crippen LogP contribution in [0.15, 0.2) is 28.7 Å². The predicted molar refractivity (Wildman–Crippen MR) is 113 cm³/mol. The Bertz CT molecular complexity index is 873. The van der Waals surface area contributed by atoms with Gasteiger partial charge in [-0.3, -0.25) is 4.79 Å². The SMILES string of the molecule is CCc1oc2ccccc2c1CN(C)C(=O)C1CCN(C(=O)OC(C)(C)C)CC1. The number of nitrogens with zero attached hydrogens (tertiary/aromatic N) is 2. The van der Waals surface area contributed by atoms with Crippen LogP contribution in [0.5, 0.6) is 0 Å². The Morgan fingerprint density at radius 1 is 1.21 bits per heavy atom. The molecule has 1 aromatic carbocycles. The van der Waals surface area contributed by atoms with Crippen molar-refractivity contribution in [1.82, 2.24) is 9.80 Å². The van der Waals surface area contributed by atoms with E-state index in [2.05, 4.69) is 6.92 Å². The zero-order valence-corrected chi connectivity index (χ0v) is 18.2. The quantitative estimate of drug-likeness (QED) is 0.752. The minimum Gasteiger partial charge on any atom is -0.461 e. The van der Waals surface area contributed by atoms with Gasteiger partial charge in [0.25, 0.3) is 0 Å². The number of fused-ring (bicyclic) bond motifs is 1. The summed E-state index contributed by atoms with van der Waals surface area (Å²) in [7, 11) is 1.85. The van der Waals surface area contributed by atoms with E-state index in [1.807, 2.05) is 52.1 Å². The van der Waals surface area contributed by atoms with Gasteiger partial charge in [-0.15, -0.1) is 0 Å². The van der Waals surface area contributed by atoms with E-state index in [0.717, 1.165) is 28.7 Å². The number of hydrogen-bond acceptors (Lipinski definition) is 4. The third-order valence-electron chi connectivity index (χ3n) is 5.37. The predicted octanol–water partition coefficient (Wildman–Crippen LogP) is 4.60. The molecule has 0 N–H and O–H groups in total. The van der Waals surface area contributed by atoms with Crippen molar-refractivity contribution in [1.29, 1.82) is 0 Å². The standard InChI is InChI=1S/C23H32N2O4/c1-6-19-18(17-9-7-8-10-20(17)28-19)15-24(5)21(26)16-11-13-25(14-12-16)22(27)29-23(2,3)4/h7-10,16H,6,11-15H2,1-5H3. The summed E-state index contributed by atoms with van der Waals surface area (Å²) in [5.41, 5.74) is 1.45. The molecule has 0 unspecified atom stereocenters. The number of aryl methyl sites for hydroxylation is 1. The van der Waals surface area contributed by atoms with E-state index < -0.39 is 5.60 Å². The molecule has 6 heteroatoms. The lowest BCUT2D eigenvalue weighted by Crippen LogP contribution is -2.45. The van der Waals surface area contributed by atoms with E-state index in [9.17, 15) is 9.59 Å². The van der Waals surface area contributed by atoms with Gasteiger partial charge in [0.1, 0.15) is 16.9 Å². The van der Waals surface area contributed by atoms with Crippen molar-refractivity contribution < 1.29 is 18.7 Å². The van der Waals surface area contributed by atoms with Gasteiger partial charge < -0.3 is 19.0 Å². The molecular weight excluding hydrogens is 368 g/mol. The van der Waals surface area contributed by atoms with Crippen LogP contribution in [0.25, 0.3) is 11.0 Å². The highest BCUT2D eigenvalue weighted by Gasteiger charge is 2.31. The fraction of sp³-hybridized carbons (Fsp3) is 0.565. The summed E-state index contributed by atoms with van der Waals surface area (Å²) in [6.45, 7) is 9.28. The fourth-order valence-electron chi connectivity index (χ4n) is 3.87. The third kappa shape index (κ3) is 4.92. The average Bonchev–Trinajstić information content (AvgIpc) is 3.04. The normalized spacial score (nSPS) is 15.6. The number of benzene rings is 1. The summed E-state index contributed by atoms with van der Waals surface area (Å²) < 4.78 is 11.4. The molecule has 6 nitrogen and oxygen atoms in total. The van der Waals surface area contributed by atoms with Gasteiger partial charge in [-0.2, -0.15) is 0 Å². The Balaban J connectivity index is 1.61. The second kappa shape index (κ2) is 8.47. The van der Waals surface area contributed by atoms with Crippen LogP contribution in [0, 0.1) is 5.92 Å². The summed E-state index contributed by atoms with van der Waals surface area (Å²) >= 11 is 0. The maximum absolute atomic E-state index is 13.0. The number of para-hydroxylation sites is 1. The molecule has 1 aliphatic heterocycles. The van der Waals surface area contributed by atoms with Gasteiger partial charge in [-0.25, -0.2) is 4.79 Å². The summed E-state index contributed by atoms with van der Waals surface area (Å²) in [4.78, 5) is 28.8. The Kier molecular flexibility index (Phi) is 6.20. The molecule has 1 fully saturated rings. The fourth-order valence-corrected chi connectivity index (χ4v) is 3.87. The second-order valence-electron chi connectivity index (χ2n) is 8.79. The number of carbonyl (C=O) groups is 2. The number of piperidine rings is 1. The topological polar surface area (TPSA) is 63.0 Å². The number of hydrogen-bond donors (Lipinski definition) is 0. The number of rotatable bonds is 4. The van der Waals surface area contributed by atoms with Crippen LogP contribution < -0.4 is 0 Å². The minimum absolute atomic E-state index is 0.0677. The Labute approximate surface area is 172 Å². The van der Waals surface area contributed by atoms with Gasteiger partial charge >= 0.3 is 6.09 Å². The van der Waals surface area contributed by atoms with E-state index in [1.54, 1.807) is 9.80 Å². The molecule has 158 valence electrons. The van der Waals surface area contributed by atoms with Crippen LogP contribution in [0.3, 0.4) is 0 Å². The van der Waals surface area contributed by atoms with Crippen molar-refractivity contribution in [3.8, 4) is 0 Å². The summed E-state index contributed by atoms with van der Waals surface area (Å²) in [5.74, 6) is 0.994. The van der Waals surface area contributed by atoms with Gasteiger partial charge in [0.05, 0.1) is 0 Å². The number of likely N-dealkylation sites (tertiary alicyclic amines) is 1. The molecule has 0 aliphatic carbocycles. The smallest absolute Gasteiger partial charge is 0.410 e. The number of amides is 2. The molecule has 0 bridgehead atoms. The van der Waals surface area contributed by atoms with Gasteiger partial charge in [0.15, 0.2) is 0 Å². The molecule has 29 heavy (non-hydrogen) atoms. The Morgan fingerprint density at radius 2 is 1.86 bits per heavy atom. The maximum atomic E-state index is 13.0. The first-order valence-corrected chi connectivity index (χ1v) is 10.4. The molecule has 2 aromatic rings. The molecule has 1 saturated heterocycles. The molecule has 0 atom stereocenters. The zero-order valence-electron chi connectivity index (χ0n) is 18.2. The van der Waals surface area contributed by atoms with E-state index in [0.29, 0.717) is 32.5 Å². The molecule has 3 rings (SSSR count). The highest BCUT2D eigenvalue weighted by Crippen LogP contribution is 2.28. The van der Waals surface area contributed by atoms with E-state index in [4.69, 9.17) is 9.15 Å². The largest absolute Gasteiger partial charge is 0.461 e. The molecule has 0 spiro atoms. The van der Waals surface area contributed by atoms with Crippen molar-refractivity contribution in [2.24, 2.45) is 5.92 Å². The first-order valence-electron chi connectivity index (χ1n) is 10.4. The van der Waals surface area contributed by atoms with Gasteiger partial charge in [0, 0.05) is 50.0 Å². The Hall–Kier alpha value is -2.50. The molecule has 2 heterocycles. The van der Waals surface area contributed by atoms with Crippen molar-refractivity contribution in [2.45, 2.75) is 59.1 Å². The van der Waals surface area contributed by atoms with Crippen molar-refractivity contribution in [2.75, 3.05) is 20.1 Å². The van der Waals surface area contributed by atoms with Crippen LogP contribution >= 0.6 is 0 Å². The highest BCUT2D eigenvalue weighted by atomic mass is 16.6. The van der Waals surface area contributed by atoms with E-state index in [-0.39, 0.29) is 17.9 Å². The van der Waals surface area contributed by atoms with Crippen molar-refractivity contribution in [3.63, 3.8) is 0 Å². The average molecular weight is 401 g/mol. The van der Waals surface area contributed by atoms with Gasteiger partial charge in [0.2, 0.25) is 5.91 Å². The van der Waals surface area contributed by atoms with Crippen LogP contribution in [0.4, 0.5) is 4.79 Å². The first-order chi connectivity index (χ1) is 13.7. The Morgan fingerprint density at radius 3 is 2.48 bits per heavy atom. The van der Waals surface area contributed by atoms with E-state index >= 15 is 0 Å². The lowest BCUT2D eigenvalue weighted by Gasteiger charge is -2.34. The number of furan rings is 1. The van der Waals surface area contributed by atoms with Gasteiger partial charge in [-0.1, -0.05) is 25.1 Å². The van der Waals surface area contributed by atoms with Crippen molar-refractivity contribution in [3.05, 3.63) is 35.6 Å². The molecule has 0 radical (unpaired) electrons. The zero-order chi connectivity index (χ0) is 21.2. The van der Waals surface area contributed by atoms with Gasteiger partial charge in [-0.05, 0) is 39.7 Å².